The summed E-state index contributed by atoms with van der Waals surface area (Å²) in [7, 11) is 1.83. The molecule has 0 bridgehead atoms. The summed E-state index contributed by atoms with van der Waals surface area (Å²) < 4.78 is 1.77. The van der Waals surface area contributed by atoms with E-state index in [0.717, 1.165) is 5.56 Å². The summed E-state index contributed by atoms with van der Waals surface area (Å²) in [5.74, 6) is 0.250. The number of anilines is 1. The molecule has 1 aromatic heterocycles. The summed E-state index contributed by atoms with van der Waals surface area (Å²) in [6.07, 6.45) is 1.59. The smallest absolute Gasteiger partial charge is 0.273 e. The van der Waals surface area contributed by atoms with Gasteiger partial charge in [-0.2, -0.15) is 0 Å². The van der Waals surface area contributed by atoms with E-state index in [1.807, 2.05) is 13.1 Å². The van der Waals surface area contributed by atoms with Gasteiger partial charge in [-0.15, -0.1) is 10.2 Å². The van der Waals surface area contributed by atoms with Gasteiger partial charge in [0.05, 0.1) is 4.92 Å². The molecule has 0 spiro atoms. The Hall–Kier alpha value is -3.55. The van der Waals surface area contributed by atoms with Crippen molar-refractivity contribution in [1.82, 2.24) is 14.8 Å². The second-order valence-corrected chi connectivity index (χ2v) is 5.56. The molecule has 8 nitrogen and oxygen atoms in total. The van der Waals surface area contributed by atoms with E-state index in [1.165, 1.54) is 6.07 Å². The normalized spacial score (nSPS) is 10.5. The Kier molecular flexibility index (Phi) is 4.25. The van der Waals surface area contributed by atoms with Crippen LogP contribution in [0.2, 0.25) is 0 Å². The van der Waals surface area contributed by atoms with Crippen molar-refractivity contribution in [2.24, 2.45) is 7.05 Å². The lowest BCUT2D eigenvalue weighted by Gasteiger charge is -2.08. The van der Waals surface area contributed by atoms with Crippen molar-refractivity contribution < 1.29 is 9.72 Å². The maximum atomic E-state index is 12.4. The van der Waals surface area contributed by atoms with Crippen molar-refractivity contribution in [2.75, 3.05) is 5.32 Å². The number of nitro benzene ring substituents is 1. The van der Waals surface area contributed by atoms with Crippen molar-refractivity contribution in [3.05, 3.63) is 70.0 Å². The van der Waals surface area contributed by atoms with Crippen LogP contribution in [0.5, 0.6) is 0 Å². The number of nitrogens with one attached hydrogen (secondary N) is 1. The molecule has 126 valence electrons. The number of aryl methyl sites for hydroxylation is 2. The molecular formula is C17H15N5O3. The van der Waals surface area contributed by atoms with E-state index in [4.69, 9.17) is 0 Å². The minimum Gasteiger partial charge on any atom is -0.322 e. The van der Waals surface area contributed by atoms with Gasteiger partial charge >= 0.3 is 0 Å². The van der Waals surface area contributed by atoms with Crippen LogP contribution < -0.4 is 5.32 Å². The number of benzene rings is 2. The average molecular weight is 337 g/mol. The zero-order valence-electron chi connectivity index (χ0n) is 13.6. The Bertz CT molecular complexity index is 964. The highest BCUT2D eigenvalue weighted by Crippen LogP contribution is 2.22. The monoisotopic (exact) mass is 337 g/mol. The lowest BCUT2D eigenvalue weighted by Crippen LogP contribution is -2.12. The highest BCUT2D eigenvalue weighted by Gasteiger charge is 2.15. The minimum atomic E-state index is -0.499. The molecule has 0 aliphatic heterocycles. The van der Waals surface area contributed by atoms with Gasteiger partial charge in [-0.3, -0.25) is 14.9 Å². The van der Waals surface area contributed by atoms with Gasteiger partial charge < -0.3 is 9.88 Å². The molecule has 0 radical (unpaired) electrons. The molecule has 0 unspecified atom stereocenters. The molecule has 8 heteroatoms. The number of carbonyl (C=O) groups excluding carboxylic acids is 1. The first-order chi connectivity index (χ1) is 12.0. The van der Waals surface area contributed by atoms with Crippen LogP contribution in [0.25, 0.3) is 11.4 Å². The number of rotatable bonds is 4. The van der Waals surface area contributed by atoms with E-state index in [9.17, 15) is 14.9 Å². The first kappa shape index (κ1) is 16.3. The molecule has 0 saturated heterocycles. The van der Waals surface area contributed by atoms with Gasteiger partial charge in [0.25, 0.3) is 11.6 Å². The highest BCUT2D eigenvalue weighted by molar-refractivity contribution is 6.05. The molecule has 0 saturated carbocycles. The molecule has 0 aliphatic carbocycles. The summed E-state index contributed by atoms with van der Waals surface area (Å²) in [6, 6.07) is 11.5. The van der Waals surface area contributed by atoms with Crippen LogP contribution in [-0.4, -0.2) is 25.6 Å². The van der Waals surface area contributed by atoms with Crippen LogP contribution in [0.3, 0.4) is 0 Å². The number of hydrogen-bond donors (Lipinski definition) is 1. The Labute approximate surface area is 143 Å². The van der Waals surface area contributed by atoms with Crippen LogP contribution in [0.15, 0.2) is 48.8 Å². The van der Waals surface area contributed by atoms with E-state index in [0.29, 0.717) is 17.1 Å². The zero-order chi connectivity index (χ0) is 18.0. The first-order valence-corrected chi connectivity index (χ1v) is 7.46. The summed E-state index contributed by atoms with van der Waals surface area (Å²) >= 11 is 0. The predicted octanol–water partition coefficient (Wildman–Crippen LogP) is 2.95. The SMILES string of the molecule is Cc1ccc(C(=O)Nc2cccc(-c3nncn3C)c2)cc1[N+](=O)[O-]. The van der Waals surface area contributed by atoms with Gasteiger partial charge in [0.15, 0.2) is 5.82 Å². The topological polar surface area (TPSA) is 103 Å². The number of amides is 1. The van der Waals surface area contributed by atoms with Gasteiger partial charge in [0.2, 0.25) is 0 Å². The maximum absolute atomic E-state index is 12.4. The second-order valence-electron chi connectivity index (χ2n) is 5.56. The fourth-order valence-electron chi connectivity index (χ4n) is 2.43. The molecule has 1 heterocycles. The number of nitro groups is 1. The number of hydrogen-bond acceptors (Lipinski definition) is 5. The number of carbonyl (C=O) groups is 1. The largest absolute Gasteiger partial charge is 0.322 e. The van der Waals surface area contributed by atoms with Crippen LogP contribution in [0, 0.1) is 17.0 Å². The molecule has 3 aromatic rings. The minimum absolute atomic E-state index is 0.0829. The van der Waals surface area contributed by atoms with Crippen molar-refractivity contribution in [1.29, 1.82) is 0 Å². The van der Waals surface area contributed by atoms with Crippen molar-refractivity contribution in [3.63, 3.8) is 0 Å². The lowest BCUT2D eigenvalue weighted by atomic mass is 10.1. The molecule has 0 fully saturated rings. The van der Waals surface area contributed by atoms with Crippen LogP contribution in [0.4, 0.5) is 11.4 Å². The molecule has 1 N–H and O–H groups in total. The Morgan fingerprint density at radius 2 is 2.04 bits per heavy atom. The summed E-state index contributed by atoms with van der Waals surface area (Å²) in [4.78, 5) is 22.9. The molecule has 2 aromatic carbocycles. The first-order valence-electron chi connectivity index (χ1n) is 7.46. The Morgan fingerprint density at radius 3 is 2.72 bits per heavy atom. The standard InChI is InChI=1S/C17H15N5O3/c1-11-6-7-13(9-15(11)22(24)25)17(23)19-14-5-3-4-12(8-14)16-20-18-10-21(16)2/h3-10H,1-2H3,(H,19,23). The highest BCUT2D eigenvalue weighted by atomic mass is 16.6. The molecule has 1 amide bonds. The molecule has 0 atom stereocenters. The van der Waals surface area contributed by atoms with Crippen molar-refractivity contribution in [3.8, 4) is 11.4 Å². The molecule has 3 rings (SSSR count). The van der Waals surface area contributed by atoms with Crippen LogP contribution in [0.1, 0.15) is 15.9 Å². The molecular weight excluding hydrogens is 322 g/mol. The van der Waals surface area contributed by atoms with Gasteiger partial charge in [-0.05, 0) is 25.1 Å². The van der Waals surface area contributed by atoms with E-state index >= 15 is 0 Å². The van der Waals surface area contributed by atoms with Crippen molar-refractivity contribution >= 4 is 17.3 Å². The third kappa shape index (κ3) is 3.37. The van der Waals surface area contributed by atoms with Gasteiger partial charge in [0.1, 0.15) is 6.33 Å². The van der Waals surface area contributed by atoms with E-state index in [-0.39, 0.29) is 11.3 Å². The van der Waals surface area contributed by atoms with Crippen LogP contribution in [-0.2, 0) is 7.05 Å². The predicted molar refractivity (Wildman–Crippen MR) is 92.2 cm³/mol. The third-order valence-electron chi connectivity index (χ3n) is 3.76. The maximum Gasteiger partial charge on any atom is 0.273 e. The summed E-state index contributed by atoms with van der Waals surface area (Å²) in [5, 5.41) is 21.6. The fraction of sp³-hybridized carbons (Fsp3) is 0.118. The molecule has 0 aliphatic rings. The number of nitrogens with zero attached hydrogens (tertiary/aromatic N) is 4. The van der Waals surface area contributed by atoms with Gasteiger partial charge in [-0.25, -0.2) is 0 Å². The third-order valence-corrected chi connectivity index (χ3v) is 3.76. The van der Waals surface area contributed by atoms with E-state index < -0.39 is 10.8 Å². The van der Waals surface area contributed by atoms with Gasteiger partial charge in [0, 0.05) is 35.5 Å². The molecule has 25 heavy (non-hydrogen) atoms. The number of aromatic nitrogens is 3. The lowest BCUT2D eigenvalue weighted by molar-refractivity contribution is -0.385. The second kappa shape index (κ2) is 6.52. The quantitative estimate of drug-likeness (QED) is 0.582. The Morgan fingerprint density at radius 1 is 1.24 bits per heavy atom. The van der Waals surface area contributed by atoms with E-state index in [2.05, 4.69) is 15.5 Å². The van der Waals surface area contributed by atoms with E-state index in [1.54, 1.807) is 48.1 Å². The van der Waals surface area contributed by atoms with Crippen LogP contribution >= 0.6 is 0 Å². The van der Waals surface area contributed by atoms with Crippen molar-refractivity contribution in [2.45, 2.75) is 6.92 Å². The summed E-state index contributed by atoms with van der Waals surface area (Å²) in [6.45, 7) is 1.63. The summed E-state index contributed by atoms with van der Waals surface area (Å²) in [5.41, 5.74) is 2.01. The zero-order valence-corrected chi connectivity index (χ0v) is 13.6. The fourth-order valence-corrected chi connectivity index (χ4v) is 2.43. The van der Waals surface area contributed by atoms with Gasteiger partial charge in [-0.1, -0.05) is 18.2 Å². The Balaban J connectivity index is 1.86. The average Bonchev–Trinajstić information content (AvgIpc) is 3.01.